The Morgan fingerprint density at radius 3 is 2.10 bits per heavy atom. The first-order valence-electron chi connectivity index (χ1n) is 11.5. The van der Waals surface area contributed by atoms with Crippen molar-refractivity contribution in [2.45, 2.75) is 13.0 Å². The van der Waals surface area contributed by atoms with Gasteiger partial charge in [-0.1, -0.05) is 60.7 Å². The summed E-state index contributed by atoms with van der Waals surface area (Å²) in [7, 11) is 0. The van der Waals surface area contributed by atoms with E-state index in [1.165, 1.54) is 11.3 Å². The third-order valence-electron chi connectivity index (χ3n) is 6.50. The molecule has 0 N–H and O–H groups in total. The molecule has 5 heteroatoms. The van der Waals surface area contributed by atoms with Gasteiger partial charge in [-0.15, -0.1) is 0 Å². The molecular weight excluding hydrogens is 384 g/mol. The predicted octanol–water partition coefficient (Wildman–Crippen LogP) is 3.05. The Hall–Kier alpha value is -2.63. The molecule has 2 fully saturated rings. The molecule has 0 spiro atoms. The number of piperazine rings is 2. The predicted molar refractivity (Wildman–Crippen MR) is 128 cm³/mol. The van der Waals surface area contributed by atoms with Gasteiger partial charge in [-0.2, -0.15) is 0 Å². The molecule has 2 saturated heterocycles. The number of rotatable bonds is 6. The molecule has 2 aliphatic heterocycles. The molecule has 0 radical (unpaired) electrons. The van der Waals surface area contributed by atoms with Crippen LogP contribution >= 0.6 is 0 Å². The molecular formula is C26H34N4O. The summed E-state index contributed by atoms with van der Waals surface area (Å²) in [6.07, 6.45) is 4.43. The number of amides is 1. The van der Waals surface area contributed by atoms with Gasteiger partial charge in [-0.05, 0) is 24.6 Å². The zero-order chi connectivity index (χ0) is 21.5. The Bertz CT molecular complexity index is 838. The second-order valence-corrected chi connectivity index (χ2v) is 8.47. The van der Waals surface area contributed by atoms with Gasteiger partial charge in [0.25, 0.3) is 0 Å². The number of hydrogen-bond acceptors (Lipinski definition) is 4. The van der Waals surface area contributed by atoms with Gasteiger partial charge < -0.3 is 9.80 Å². The smallest absolute Gasteiger partial charge is 0.239 e. The van der Waals surface area contributed by atoms with Crippen molar-refractivity contribution in [3.05, 3.63) is 72.3 Å². The second kappa shape index (κ2) is 10.6. The number of anilines is 1. The van der Waals surface area contributed by atoms with E-state index in [9.17, 15) is 4.79 Å². The van der Waals surface area contributed by atoms with E-state index in [4.69, 9.17) is 0 Å². The van der Waals surface area contributed by atoms with Crippen molar-refractivity contribution in [1.82, 2.24) is 14.7 Å². The minimum Gasteiger partial charge on any atom is -0.368 e. The normalized spacial score (nSPS) is 19.6. The van der Waals surface area contributed by atoms with Gasteiger partial charge in [0.15, 0.2) is 0 Å². The first-order chi connectivity index (χ1) is 15.2. The average molecular weight is 419 g/mol. The van der Waals surface area contributed by atoms with Crippen LogP contribution in [0.2, 0.25) is 0 Å². The number of hydrogen-bond donors (Lipinski definition) is 0. The molecule has 0 aliphatic carbocycles. The van der Waals surface area contributed by atoms with Crippen molar-refractivity contribution in [2.24, 2.45) is 0 Å². The van der Waals surface area contributed by atoms with E-state index in [0.717, 1.165) is 58.9 Å². The van der Waals surface area contributed by atoms with Crippen LogP contribution < -0.4 is 4.90 Å². The topological polar surface area (TPSA) is 30.0 Å². The molecule has 2 aliphatic rings. The van der Waals surface area contributed by atoms with Crippen molar-refractivity contribution in [3.63, 3.8) is 0 Å². The number of benzene rings is 2. The fourth-order valence-corrected chi connectivity index (χ4v) is 4.48. The third kappa shape index (κ3) is 5.75. The number of carbonyl (C=O) groups excluding carboxylic acids is 1. The van der Waals surface area contributed by atoms with Gasteiger partial charge in [0.05, 0.1) is 6.04 Å². The molecule has 5 nitrogen and oxygen atoms in total. The van der Waals surface area contributed by atoms with E-state index < -0.39 is 0 Å². The lowest BCUT2D eigenvalue weighted by atomic mass is 10.1. The summed E-state index contributed by atoms with van der Waals surface area (Å²) in [4.78, 5) is 22.3. The van der Waals surface area contributed by atoms with Gasteiger partial charge in [0.1, 0.15) is 0 Å². The fourth-order valence-electron chi connectivity index (χ4n) is 4.48. The molecule has 2 heterocycles. The summed E-state index contributed by atoms with van der Waals surface area (Å²) in [5, 5.41) is 0. The van der Waals surface area contributed by atoms with Crippen molar-refractivity contribution in [2.75, 3.05) is 63.8 Å². The SMILES string of the molecule is C[C@H](C(=O)N1CCN(c2ccccc2)CC1)N1CCN(C/C=C/c2ccccc2)CC1. The first-order valence-corrected chi connectivity index (χ1v) is 11.5. The summed E-state index contributed by atoms with van der Waals surface area (Å²) in [5.74, 6) is 0.283. The van der Waals surface area contributed by atoms with E-state index >= 15 is 0 Å². The Kier molecular flexibility index (Phi) is 7.39. The molecule has 2 aromatic rings. The van der Waals surface area contributed by atoms with Crippen LogP contribution in [0.5, 0.6) is 0 Å². The average Bonchev–Trinajstić information content (AvgIpc) is 2.85. The highest BCUT2D eigenvalue weighted by molar-refractivity contribution is 5.81. The van der Waals surface area contributed by atoms with Gasteiger partial charge in [0.2, 0.25) is 5.91 Å². The van der Waals surface area contributed by atoms with Crippen LogP contribution in [0, 0.1) is 0 Å². The molecule has 0 saturated carbocycles. The van der Waals surface area contributed by atoms with E-state index in [1.807, 2.05) is 12.1 Å². The Morgan fingerprint density at radius 1 is 0.839 bits per heavy atom. The molecule has 31 heavy (non-hydrogen) atoms. The lowest BCUT2D eigenvalue weighted by molar-refractivity contribution is -0.137. The van der Waals surface area contributed by atoms with Crippen LogP contribution in [0.3, 0.4) is 0 Å². The van der Waals surface area contributed by atoms with E-state index in [2.05, 4.69) is 87.2 Å². The van der Waals surface area contributed by atoms with Crippen molar-refractivity contribution in [1.29, 1.82) is 0 Å². The van der Waals surface area contributed by atoms with Crippen LogP contribution in [0.1, 0.15) is 12.5 Å². The van der Waals surface area contributed by atoms with Crippen LogP contribution in [0.4, 0.5) is 5.69 Å². The Labute approximate surface area is 186 Å². The molecule has 0 bridgehead atoms. The standard InChI is InChI=1S/C26H34N4O/c1-23(26(31)30-21-19-29(20-22-30)25-12-6-3-7-13-25)28-17-15-27(16-18-28)14-8-11-24-9-4-2-5-10-24/h2-13,23H,14-22H2,1H3/b11-8+/t23-/m1/s1. The number of carbonyl (C=O) groups is 1. The van der Waals surface area contributed by atoms with Gasteiger partial charge in [-0.25, -0.2) is 0 Å². The van der Waals surface area contributed by atoms with E-state index in [-0.39, 0.29) is 11.9 Å². The summed E-state index contributed by atoms with van der Waals surface area (Å²) in [6.45, 7) is 10.4. The summed E-state index contributed by atoms with van der Waals surface area (Å²) < 4.78 is 0. The summed E-state index contributed by atoms with van der Waals surface area (Å²) >= 11 is 0. The van der Waals surface area contributed by atoms with Gasteiger partial charge in [-0.3, -0.25) is 14.6 Å². The second-order valence-electron chi connectivity index (χ2n) is 8.47. The third-order valence-corrected chi connectivity index (χ3v) is 6.50. The molecule has 2 aromatic carbocycles. The fraction of sp³-hybridized carbons (Fsp3) is 0.423. The highest BCUT2D eigenvalue weighted by Crippen LogP contribution is 2.17. The molecule has 1 amide bonds. The van der Waals surface area contributed by atoms with Crippen LogP contribution in [-0.4, -0.2) is 85.6 Å². The number of para-hydroxylation sites is 1. The van der Waals surface area contributed by atoms with Gasteiger partial charge >= 0.3 is 0 Å². The molecule has 164 valence electrons. The van der Waals surface area contributed by atoms with Crippen LogP contribution in [0.25, 0.3) is 6.08 Å². The number of nitrogens with zero attached hydrogens (tertiary/aromatic N) is 4. The van der Waals surface area contributed by atoms with Crippen molar-refractivity contribution >= 4 is 17.7 Å². The summed E-state index contributed by atoms with van der Waals surface area (Å²) in [6, 6.07) is 20.9. The zero-order valence-corrected chi connectivity index (χ0v) is 18.6. The Balaban J connectivity index is 1.20. The maximum Gasteiger partial charge on any atom is 0.239 e. The zero-order valence-electron chi connectivity index (χ0n) is 18.6. The maximum atomic E-state index is 13.1. The maximum absolute atomic E-state index is 13.1. The van der Waals surface area contributed by atoms with Crippen molar-refractivity contribution in [3.8, 4) is 0 Å². The quantitative estimate of drug-likeness (QED) is 0.721. The van der Waals surface area contributed by atoms with Crippen LogP contribution in [-0.2, 0) is 4.79 Å². The highest BCUT2D eigenvalue weighted by atomic mass is 16.2. The lowest BCUT2D eigenvalue weighted by Crippen LogP contribution is -2.57. The van der Waals surface area contributed by atoms with E-state index in [1.54, 1.807) is 0 Å². The lowest BCUT2D eigenvalue weighted by Gasteiger charge is -2.41. The van der Waals surface area contributed by atoms with Gasteiger partial charge in [0, 0.05) is 64.6 Å². The minimum atomic E-state index is -0.0368. The monoisotopic (exact) mass is 418 g/mol. The first kappa shape index (κ1) is 21.6. The summed E-state index contributed by atoms with van der Waals surface area (Å²) in [5.41, 5.74) is 2.49. The Morgan fingerprint density at radius 2 is 1.45 bits per heavy atom. The van der Waals surface area contributed by atoms with Crippen molar-refractivity contribution < 1.29 is 4.79 Å². The highest BCUT2D eigenvalue weighted by Gasteiger charge is 2.30. The molecule has 0 aromatic heterocycles. The van der Waals surface area contributed by atoms with Crippen LogP contribution in [0.15, 0.2) is 66.7 Å². The molecule has 4 rings (SSSR count). The minimum absolute atomic E-state index is 0.0368. The van der Waals surface area contributed by atoms with E-state index in [0.29, 0.717) is 0 Å². The molecule has 0 unspecified atom stereocenters. The molecule has 1 atom stereocenters. The largest absolute Gasteiger partial charge is 0.368 e.